The quantitative estimate of drug-likeness (QED) is 0.249. The van der Waals surface area contributed by atoms with Crippen LogP contribution < -0.4 is 9.47 Å². The number of ether oxygens (including phenoxy) is 2. The first-order chi connectivity index (χ1) is 16.3. The summed E-state index contributed by atoms with van der Waals surface area (Å²) < 4.78 is 11.4. The van der Waals surface area contributed by atoms with Gasteiger partial charge in [0.1, 0.15) is 23.4 Å². The summed E-state index contributed by atoms with van der Waals surface area (Å²) in [6.45, 7) is 3.84. The first-order valence-corrected chi connectivity index (χ1v) is 11.9. The lowest BCUT2D eigenvalue weighted by Crippen LogP contribution is -2.34. The lowest BCUT2D eigenvalue weighted by atomic mass is 9.93. The molecule has 1 aliphatic rings. The van der Waals surface area contributed by atoms with E-state index in [-0.39, 0.29) is 6.10 Å². The Hall–Kier alpha value is -2.73. The molecule has 176 valence electrons. The van der Waals surface area contributed by atoms with Crippen LogP contribution in [0.1, 0.15) is 42.6 Å². The van der Waals surface area contributed by atoms with Crippen LogP contribution in [0.3, 0.4) is 0 Å². The zero-order chi connectivity index (χ0) is 24.4. The van der Waals surface area contributed by atoms with Crippen LogP contribution in [0.4, 0.5) is 4.79 Å². The summed E-state index contributed by atoms with van der Waals surface area (Å²) in [5, 5.41) is 0.340. The van der Waals surface area contributed by atoms with Crippen LogP contribution >= 0.6 is 34.8 Å². The molecule has 2 atom stereocenters. The van der Waals surface area contributed by atoms with Crippen LogP contribution in [0.5, 0.6) is 11.5 Å². The third-order valence-corrected chi connectivity index (χ3v) is 6.37. The normalized spacial score (nSPS) is 17.6. The number of nitrogens with zero attached hydrogens (tertiary/aromatic N) is 2. The summed E-state index contributed by atoms with van der Waals surface area (Å²) in [4.78, 5) is 19.4. The monoisotopic (exact) mass is 516 g/mol. The highest BCUT2D eigenvalue weighted by molar-refractivity contribution is 6.64. The van der Waals surface area contributed by atoms with E-state index in [1.165, 1.54) is 4.90 Å². The van der Waals surface area contributed by atoms with Crippen molar-refractivity contribution in [1.82, 2.24) is 4.90 Å². The molecule has 3 aromatic carbocycles. The van der Waals surface area contributed by atoms with E-state index in [1.807, 2.05) is 50.2 Å². The number of halogens is 3. The number of carbonyl (C=O) groups excluding carboxylic acids is 1. The molecule has 1 amide bonds. The van der Waals surface area contributed by atoms with E-state index < -0.39 is 17.5 Å². The molecule has 2 unspecified atom stereocenters. The largest absolute Gasteiger partial charge is 0.497 e. The minimum Gasteiger partial charge on any atom is -0.497 e. The van der Waals surface area contributed by atoms with Crippen molar-refractivity contribution in [3.63, 3.8) is 0 Å². The average molecular weight is 518 g/mol. The first kappa shape index (κ1) is 24.4. The van der Waals surface area contributed by atoms with Gasteiger partial charge in [0.15, 0.2) is 0 Å². The lowest BCUT2D eigenvalue weighted by molar-refractivity contribution is 0.230. The number of carbonyl (C=O) groups is 1. The number of rotatable bonds is 6. The maximum absolute atomic E-state index is 12.9. The summed E-state index contributed by atoms with van der Waals surface area (Å²) >= 11 is 19.4. The van der Waals surface area contributed by atoms with Crippen molar-refractivity contribution in [3.05, 3.63) is 93.5 Å². The number of hydrogen-bond donors (Lipinski definition) is 0. The summed E-state index contributed by atoms with van der Waals surface area (Å²) in [5.74, 6) is 1.51. The number of amides is 1. The van der Waals surface area contributed by atoms with Gasteiger partial charge in [0.05, 0.1) is 24.8 Å². The molecule has 8 heteroatoms. The van der Waals surface area contributed by atoms with E-state index in [9.17, 15) is 4.79 Å². The maximum Gasteiger partial charge on any atom is 0.322 e. The van der Waals surface area contributed by atoms with Gasteiger partial charge in [-0.05, 0) is 60.8 Å². The lowest BCUT2D eigenvalue weighted by Gasteiger charge is -2.29. The van der Waals surface area contributed by atoms with Crippen molar-refractivity contribution >= 4 is 46.0 Å². The second kappa shape index (κ2) is 10.3. The Bertz CT molecular complexity index is 1250. The van der Waals surface area contributed by atoms with E-state index >= 15 is 0 Å². The summed E-state index contributed by atoms with van der Waals surface area (Å²) in [7, 11) is 1.58. The van der Waals surface area contributed by atoms with Crippen LogP contribution in [0.15, 0.2) is 71.7 Å². The van der Waals surface area contributed by atoms with Gasteiger partial charge in [-0.3, -0.25) is 14.7 Å². The fourth-order valence-corrected chi connectivity index (χ4v) is 4.75. The van der Waals surface area contributed by atoms with Crippen molar-refractivity contribution in [2.45, 2.75) is 32.0 Å². The predicted octanol–water partition coefficient (Wildman–Crippen LogP) is 7.69. The van der Waals surface area contributed by atoms with E-state index in [0.29, 0.717) is 38.5 Å². The summed E-state index contributed by atoms with van der Waals surface area (Å²) in [5.41, 5.74) is 2.07. The van der Waals surface area contributed by atoms with Crippen LogP contribution in [0.25, 0.3) is 0 Å². The van der Waals surface area contributed by atoms with Gasteiger partial charge in [-0.25, -0.2) is 0 Å². The molecule has 0 radical (unpaired) electrons. The van der Waals surface area contributed by atoms with Gasteiger partial charge in [-0.1, -0.05) is 59.6 Å². The van der Waals surface area contributed by atoms with Gasteiger partial charge in [0.2, 0.25) is 0 Å². The molecule has 0 spiro atoms. The molecule has 0 saturated carbocycles. The maximum atomic E-state index is 12.9. The highest BCUT2D eigenvalue weighted by atomic mass is 35.5. The Labute approximate surface area is 213 Å². The number of amidine groups is 1. The number of aliphatic imine (C=N–C) groups is 1. The van der Waals surface area contributed by atoms with Gasteiger partial charge >= 0.3 is 5.37 Å². The van der Waals surface area contributed by atoms with Gasteiger partial charge in [0, 0.05) is 16.1 Å². The fraction of sp³-hybridized carbons (Fsp3) is 0.231. The second-order valence-corrected chi connectivity index (χ2v) is 9.17. The van der Waals surface area contributed by atoms with Gasteiger partial charge in [-0.2, -0.15) is 0 Å². The van der Waals surface area contributed by atoms with Crippen LogP contribution in [0, 0.1) is 0 Å². The Morgan fingerprint density at radius 2 is 1.59 bits per heavy atom. The Morgan fingerprint density at radius 1 is 0.971 bits per heavy atom. The third-order valence-electron chi connectivity index (χ3n) is 5.50. The van der Waals surface area contributed by atoms with E-state index in [0.717, 1.165) is 5.56 Å². The molecule has 34 heavy (non-hydrogen) atoms. The van der Waals surface area contributed by atoms with Crippen LogP contribution in [-0.4, -0.2) is 29.3 Å². The zero-order valence-corrected chi connectivity index (χ0v) is 21.1. The van der Waals surface area contributed by atoms with Gasteiger partial charge < -0.3 is 9.47 Å². The highest BCUT2D eigenvalue weighted by Gasteiger charge is 2.44. The molecule has 0 aliphatic carbocycles. The Balaban J connectivity index is 1.96. The zero-order valence-electron chi connectivity index (χ0n) is 18.8. The number of benzene rings is 3. The van der Waals surface area contributed by atoms with Crippen molar-refractivity contribution in [2.75, 3.05) is 7.11 Å². The molecule has 4 rings (SSSR count). The fourth-order valence-electron chi connectivity index (χ4n) is 4.07. The SMILES string of the molecule is COc1ccc(C2=NC(c3ccccc3Cl)C(c3ccccc3Cl)N2C(=O)Cl)c(OC(C)C)c1. The van der Waals surface area contributed by atoms with Gasteiger partial charge in [0.25, 0.3) is 0 Å². The topological polar surface area (TPSA) is 51.1 Å². The molecule has 1 aliphatic heterocycles. The van der Waals surface area contributed by atoms with E-state index in [2.05, 4.69) is 0 Å². The summed E-state index contributed by atoms with van der Waals surface area (Å²) in [6, 6.07) is 18.9. The van der Waals surface area contributed by atoms with Crippen molar-refractivity contribution < 1.29 is 14.3 Å². The van der Waals surface area contributed by atoms with Crippen molar-refractivity contribution in [1.29, 1.82) is 0 Å². The molecule has 0 N–H and O–H groups in total. The molecule has 0 saturated heterocycles. The molecule has 1 heterocycles. The first-order valence-electron chi connectivity index (χ1n) is 10.7. The smallest absolute Gasteiger partial charge is 0.322 e. The predicted molar refractivity (Wildman–Crippen MR) is 137 cm³/mol. The average Bonchev–Trinajstić information content (AvgIpc) is 3.19. The van der Waals surface area contributed by atoms with Gasteiger partial charge in [-0.15, -0.1) is 0 Å². The number of hydrogen-bond acceptors (Lipinski definition) is 4. The molecule has 3 aromatic rings. The third kappa shape index (κ3) is 4.74. The second-order valence-electron chi connectivity index (χ2n) is 8.04. The molecular formula is C26H23Cl3N2O3. The Kier molecular flexibility index (Phi) is 7.36. The van der Waals surface area contributed by atoms with Crippen molar-refractivity contribution in [2.24, 2.45) is 4.99 Å². The van der Waals surface area contributed by atoms with Crippen LogP contribution in [-0.2, 0) is 0 Å². The molecule has 5 nitrogen and oxygen atoms in total. The molecule has 0 bridgehead atoms. The summed E-state index contributed by atoms with van der Waals surface area (Å²) in [6.07, 6.45) is -0.119. The van der Waals surface area contributed by atoms with Crippen molar-refractivity contribution in [3.8, 4) is 11.5 Å². The van der Waals surface area contributed by atoms with E-state index in [1.54, 1.807) is 37.4 Å². The minimum atomic E-state index is -0.690. The molecule has 0 fully saturated rings. The number of methoxy groups -OCH3 is 1. The highest BCUT2D eigenvalue weighted by Crippen LogP contribution is 2.48. The minimum absolute atomic E-state index is 0.119. The standard InChI is InChI=1S/C26H23Cl3N2O3/c1-15(2)34-22-14-16(33-3)12-13-19(22)25-30-23(17-8-4-6-10-20(17)27)24(31(25)26(29)32)18-9-5-7-11-21(18)28/h4-15,23-24H,1-3H3. The molecule has 0 aromatic heterocycles. The Morgan fingerprint density at radius 3 is 2.15 bits per heavy atom. The van der Waals surface area contributed by atoms with Crippen LogP contribution in [0.2, 0.25) is 10.0 Å². The van der Waals surface area contributed by atoms with E-state index in [4.69, 9.17) is 49.3 Å². The molecular weight excluding hydrogens is 495 g/mol.